The number of nitrogens with one attached hydrogen (secondary N) is 1. The zero-order chi connectivity index (χ0) is 11.7. The average Bonchev–Trinajstić information content (AvgIpc) is 2.83. The minimum Gasteiger partial charge on any atom is -0.473 e. The second kappa shape index (κ2) is 4.34. The Morgan fingerprint density at radius 2 is 2.24 bits per heavy atom. The van der Waals surface area contributed by atoms with E-state index in [0.29, 0.717) is 0 Å². The van der Waals surface area contributed by atoms with Crippen LogP contribution < -0.4 is 10.1 Å². The van der Waals surface area contributed by atoms with Crippen LogP contribution in [0, 0.1) is 6.92 Å². The number of hydrogen-bond donors (Lipinski definition) is 1. The molecule has 1 atom stereocenters. The minimum atomic E-state index is 0.266. The van der Waals surface area contributed by atoms with Crippen LogP contribution in [0.2, 0.25) is 0 Å². The van der Waals surface area contributed by atoms with Crippen molar-refractivity contribution in [3.05, 3.63) is 35.9 Å². The van der Waals surface area contributed by atoms with Gasteiger partial charge < -0.3 is 10.1 Å². The van der Waals surface area contributed by atoms with E-state index >= 15 is 0 Å². The topological polar surface area (TPSA) is 34.1 Å². The van der Waals surface area contributed by atoms with E-state index in [9.17, 15) is 0 Å². The lowest BCUT2D eigenvalue weighted by Crippen LogP contribution is -2.20. The minimum absolute atomic E-state index is 0.266. The highest BCUT2D eigenvalue weighted by atomic mass is 16.5. The van der Waals surface area contributed by atoms with Crippen molar-refractivity contribution < 1.29 is 4.74 Å². The summed E-state index contributed by atoms with van der Waals surface area (Å²) in [7, 11) is 0. The van der Waals surface area contributed by atoms with Crippen LogP contribution in [0.3, 0.4) is 0 Å². The maximum atomic E-state index is 5.94. The molecule has 88 valence electrons. The number of hydrogen-bond acceptors (Lipinski definition) is 3. The van der Waals surface area contributed by atoms with Gasteiger partial charge in [-0.05, 0) is 32.0 Å². The molecule has 2 heterocycles. The van der Waals surface area contributed by atoms with Crippen molar-refractivity contribution in [2.24, 2.45) is 0 Å². The number of aromatic nitrogens is 1. The number of rotatable bonds is 2. The number of fused-ring (bicyclic) bond motifs is 1. The molecule has 0 spiro atoms. The third-order valence-electron chi connectivity index (χ3n) is 3.16. The normalized spacial score (nSPS) is 19.7. The summed E-state index contributed by atoms with van der Waals surface area (Å²) in [6, 6.07) is 10.3. The molecule has 3 nitrogen and oxygen atoms in total. The number of aryl methyl sites for hydroxylation is 1. The van der Waals surface area contributed by atoms with Crippen LogP contribution in [-0.4, -0.2) is 24.2 Å². The van der Waals surface area contributed by atoms with E-state index in [1.165, 1.54) is 5.39 Å². The Morgan fingerprint density at radius 3 is 3.06 bits per heavy atom. The molecule has 1 saturated heterocycles. The summed E-state index contributed by atoms with van der Waals surface area (Å²) in [5.74, 6) is 0.775. The van der Waals surface area contributed by atoms with Gasteiger partial charge in [-0.25, -0.2) is 4.98 Å². The standard InChI is InChI=1S/C14H16N2O/c1-10-8-11-4-2-3-5-13(11)16-14(10)17-12-6-7-15-9-12/h2-5,8,12,15H,6-7,9H2,1H3. The van der Waals surface area contributed by atoms with Gasteiger partial charge in [-0.3, -0.25) is 0 Å². The van der Waals surface area contributed by atoms with Crippen LogP contribution in [0.1, 0.15) is 12.0 Å². The molecular weight excluding hydrogens is 212 g/mol. The lowest BCUT2D eigenvalue weighted by molar-refractivity contribution is 0.213. The van der Waals surface area contributed by atoms with Crippen molar-refractivity contribution in [2.75, 3.05) is 13.1 Å². The zero-order valence-corrected chi connectivity index (χ0v) is 9.94. The number of para-hydroxylation sites is 1. The van der Waals surface area contributed by atoms with Gasteiger partial charge in [-0.1, -0.05) is 18.2 Å². The first kappa shape index (κ1) is 10.5. The molecule has 1 aliphatic rings. The molecule has 0 bridgehead atoms. The third-order valence-corrected chi connectivity index (χ3v) is 3.16. The number of pyridine rings is 1. The van der Waals surface area contributed by atoms with Gasteiger partial charge in [0.1, 0.15) is 6.10 Å². The smallest absolute Gasteiger partial charge is 0.217 e. The van der Waals surface area contributed by atoms with Crippen LogP contribution in [0.15, 0.2) is 30.3 Å². The lowest BCUT2D eigenvalue weighted by atomic mass is 10.1. The van der Waals surface area contributed by atoms with Gasteiger partial charge in [0.2, 0.25) is 5.88 Å². The Hall–Kier alpha value is -1.61. The van der Waals surface area contributed by atoms with Gasteiger partial charge in [0.25, 0.3) is 0 Å². The molecule has 0 saturated carbocycles. The van der Waals surface area contributed by atoms with Gasteiger partial charge in [-0.2, -0.15) is 0 Å². The molecule has 2 aromatic rings. The molecule has 0 amide bonds. The monoisotopic (exact) mass is 228 g/mol. The van der Waals surface area contributed by atoms with Crippen LogP contribution in [-0.2, 0) is 0 Å². The summed E-state index contributed by atoms with van der Waals surface area (Å²) in [5.41, 5.74) is 2.11. The quantitative estimate of drug-likeness (QED) is 0.856. The Balaban J connectivity index is 1.95. The zero-order valence-electron chi connectivity index (χ0n) is 9.94. The summed E-state index contributed by atoms with van der Waals surface area (Å²) in [6.45, 7) is 4.02. The second-order valence-electron chi connectivity index (χ2n) is 4.54. The highest BCUT2D eigenvalue weighted by molar-refractivity contribution is 5.79. The predicted octanol–water partition coefficient (Wildman–Crippen LogP) is 2.28. The molecule has 1 aromatic heterocycles. The van der Waals surface area contributed by atoms with E-state index in [1.807, 2.05) is 18.2 Å². The van der Waals surface area contributed by atoms with Crippen molar-refractivity contribution >= 4 is 10.9 Å². The maximum absolute atomic E-state index is 5.94. The summed E-state index contributed by atoms with van der Waals surface area (Å²) >= 11 is 0. The lowest BCUT2D eigenvalue weighted by Gasteiger charge is -2.14. The Morgan fingerprint density at radius 1 is 1.35 bits per heavy atom. The Bertz CT molecular complexity index is 533. The molecule has 1 N–H and O–H groups in total. The molecule has 0 aliphatic carbocycles. The van der Waals surface area contributed by atoms with Crippen LogP contribution in [0.25, 0.3) is 10.9 Å². The summed E-state index contributed by atoms with van der Waals surface area (Å²) in [5, 5.41) is 4.46. The Labute approximate surface area is 101 Å². The number of benzene rings is 1. The largest absolute Gasteiger partial charge is 0.473 e. The molecule has 1 fully saturated rings. The van der Waals surface area contributed by atoms with Crippen molar-refractivity contribution in [2.45, 2.75) is 19.4 Å². The van der Waals surface area contributed by atoms with Crippen LogP contribution in [0.4, 0.5) is 0 Å². The van der Waals surface area contributed by atoms with Crippen molar-refractivity contribution in [1.82, 2.24) is 10.3 Å². The molecule has 3 rings (SSSR count). The third kappa shape index (κ3) is 2.11. The van der Waals surface area contributed by atoms with Crippen LogP contribution in [0.5, 0.6) is 5.88 Å². The summed E-state index contributed by atoms with van der Waals surface area (Å²) in [6.07, 6.45) is 1.33. The predicted molar refractivity (Wildman–Crippen MR) is 68.4 cm³/mol. The van der Waals surface area contributed by atoms with Crippen LogP contribution >= 0.6 is 0 Å². The summed E-state index contributed by atoms with van der Waals surface area (Å²) in [4.78, 5) is 4.59. The fourth-order valence-electron chi connectivity index (χ4n) is 2.21. The number of nitrogens with zero attached hydrogens (tertiary/aromatic N) is 1. The van der Waals surface area contributed by atoms with E-state index in [4.69, 9.17) is 4.74 Å². The first-order valence-corrected chi connectivity index (χ1v) is 6.07. The molecule has 17 heavy (non-hydrogen) atoms. The molecule has 1 aromatic carbocycles. The van der Waals surface area contributed by atoms with Crippen molar-refractivity contribution in [3.8, 4) is 5.88 Å². The van der Waals surface area contributed by atoms with Crippen molar-refractivity contribution in [3.63, 3.8) is 0 Å². The van der Waals surface area contributed by atoms with Gasteiger partial charge in [0.15, 0.2) is 0 Å². The molecule has 1 aliphatic heterocycles. The summed E-state index contributed by atoms with van der Waals surface area (Å²) < 4.78 is 5.94. The first-order valence-electron chi connectivity index (χ1n) is 6.07. The highest BCUT2D eigenvalue weighted by Crippen LogP contribution is 2.23. The number of ether oxygens (including phenoxy) is 1. The van der Waals surface area contributed by atoms with Gasteiger partial charge in [0, 0.05) is 17.5 Å². The second-order valence-corrected chi connectivity index (χ2v) is 4.54. The fraction of sp³-hybridized carbons (Fsp3) is 0.357. The van der Waals surface area contributed by atoms with E-state index in [0.717, 1.165) is 36.5 Å². The van der Waals surface area contributed by atoms with Gasteiger partial charge in [0.05, 0.1) is 5.52 Å². The van der Waals surface area contributed by atoms with Crippen molar-refractivity contribution in [1.29, 1.82) is 0 Å². The highest BCUT2D eigenvalue weighted by Gasteiger charge is 2.17. The maximum Gasteiger partial charge on any atom is 0.217 e. The molecule has 3 heteroatoms. The van der Waals surface area contributed by atoms with E-state index in [-0.39, 0.29) is 6.10 Å². The average molecular weight is 228 g/mol. The molecular formula is C14H16N2O. The Kier molecular flexibility index (Phi) is 2.69. The SMILES string of the molecule is Cc1cc2ccccc2nc1OC1CCNC1. The van der Waals surface area contributed by atoms with E-state index < -0.39 is 0 Å². The van der Waals surface area contributed by atoms with E-state index in [2.05, 4.69) is 29.4 Å². The first-order chi connectivity index (χ1) is 8.33. The van der Waals surface area contributed by atoms with E-state index in [1.54, 1.807) is 0 Å². The fourth-order valence-corrected chi connectivity index (χ4v) is 2.21. The molecule has 1 unspecified atom stereocenters. The molecule has 0 radical (unpaired) electrons. The van der Waals surface area contributed by atoms with Gasteiger partial charge in [-0.15, -0.1) is 0 Å². The van der Waals surface area contributed by atoms with Gasteiger partial charge >= 0.3 is 0 Å².